The standard InChI is InChI=1S/C15H24N2O3/c1-15(2)11(12(15)14(19)20)13(18)17-8-7-16-6-4-3-5-10(16)9-17/h10-12H,3-9H2,1-2H3,(H,19,20)/t10?,11-,12+/m1/s1. The smallest absolute Gasteiger partial charge is 0.307 e. The molecule has 1 amide bonds. The lowest BCUT2D eigenvalue weighted by Crippen LogP contribution is -2.56. The van der Waals surface area contributed by atoms with Gasteiger partial charge in [-0.05, 0) is 24.8 Å². The molecule has 2 heterocycles. The Balaban J connectivity index is 1.65. The van der Waals surface area contributed by atoms with Crippen molar-refractivity contribution in [3.8, 4) is 0 Å². The average molecular weight is 280 g/mol. The molecular weight excluding hydrogens is 256 g/mol. The SMILES string of the molecule is CC1(C)[C@H](C(=O)O)[C@@H]1C(=O)N1CCN2CCCCC2C1. The molecule has 0 aromatic rings. The highest BCUT2D eigenvalue weighted by atomic mass is 16.4. The third kappa shape index (κ3) is 2.12. The van der Waals surface area contributed by atoms with Crippen molar-refractivity contribution in [1.29, 1.82) is 0 Å². The van der Waals surface area contributed by atoms with Gasteiger partial charge in [0.15, 0.2) is 0 Å². The van der Waals surface area contributed by atoms with Crippen LogP contribution in [0.15, 0.2) is 0 Å². The molecule has 3 fully saturated rings. The number of hydrogen-bond donors (Lipinski definition) is 1. The quantitative estimate of drug-likeness (QED) is 0.821. The number of carboxylic acid groups (broad SMARTS) is 1. The van der Waals surface area contributed by atoms with E-state index in [0.29, 0.717) is 6.04 Å². The summed E-state index contributed by atoms with van der Waals surface area (Å²) in [6.07, 6.45) is 3.68. The summed E-state index contributed by atoms with van der Waals surface area (Å²) in [4.78, 5) is 28.2. The van der Waals surface area contributed by atoms with E-state index in [1.165, 1.54) is 19.3 Å². The Hall–Kier alpha value is -1.10. The second-order valence-corrected chi connectivity index (χ2v) is 7.08. The lowest BCUT2D eigenvalue weighted by atomic mass is 9.99. The minimum atomic E-state index is -0.829. The predicted octanol–water partition coefficient (Wildman–Crippen LogP) is 1.04. The minimum absolute atomic E-state index is 0.0626. The molecule has 112 valence electrons. The van der Waals surface area contributed by atoms with E-state index < -0.39 is 11.9 Å². The van der Waals surface area contributed by atoms with Gasteiger partial charge < -0.3 is 10.0 Å². The van der Waals surface area contributed by atoms with Crippen LogP contribution in [0.1, 0.15) is 33.1 Å². The molecule has 1 saturated carbocycles. The third-order valence-electron chi connectivity index (χ3n) is 5.51. The summed E-state index contributed by atoms with van der Waals surface area (Å²) in [5.41, 5.74) is -0.382. The zero-order valence-corrected chi connectivity index (χ0v) is 12.3. The predicted molar refractivity (Wildman–Crippen MR) is 74.2 cm³/mol. The van der Waals surface area contributed by atoms with Crippen LogP contribution in [-0.2, 0) is 9.59 Å². The molecular formula is C15H24N2O3. The maximum Gasteiger partial charge on any atom is 0.307 e. The molecule has 5 nitrogen and oxygen atoms in total. The molecule has 0 radical (unpaired) electrons. The van der Waals surface area contributed by atoms with Crippen LogP contribution in [0.3, 0.4) is 0 Å². The van der Waals surface area contributed by atoms with Crippen LogP contribution in [0.4, 0.5) is 0 Å². The van der Waals surface area contributed by atoms with E-state index in [0.717, 1.165) is 26.2 Å². The first-order valence-corrected chi connectivity index (χ1v) is 7.68. The van der Waals surface area contributed by atoms with Crippen LogP contribution in [0.2, 0.25) is 0 Å². The Kier molecular flexibility index (Phi) is 3.27. The van der Waals surface area contributed by atoms with E-state index in [4.69, 9.17) is 0 Å². The molecule has 2 saturated heterocycles. The van der Waals surface area contributed by atoms with Gasteiger partial charge in [0.1, 0.15) is 0 Å². The van der Waals surface area contributed by atoms with Crippen molar-refractivity contribution >= 4 is 11.9 Å². The lowest BCUT2D eigenvalue weighted by Gasteiger charge is -2.44. The first-order valence-electron chi connectivity index (χ1n) is 7.68. The Morgan fingerprint density at radius 1 is 1.10 bits per heavy atom. The Bertz CT molecular complexity index is 435. The van der Waals surface area contributed by atoms with Crippen molar-refractivity contribution in [3.05, 3.63) is 0 Å². The molecule has 0 aromatic heterocycles. The van der Waals surface area contributed by atoms with E-state index >= 15 is 0 Å². The van der Waals surface area contributed by atoms with Gasteiger partial charge in [-0.3, -0.25) is 14.5 Å². The number of nitrogens with zero attached hydrogens (tertiary/aromatic N) is 2. The Morgan fingerprint density at radius 2 is 1.85 bits per heavy atom. The maximum absolute atomic E-state index is 12.6. The highest BCUT2D eigenvalue weighted by molar-refractivity contribution is 5.91. The number of rotatable bonds is 2. The van der Waals surface area contributed by atoms with Gasteiger partial charge in [0.25, 0.3) is 0 Å². The molecule has 0 bridgehead atoms. The van der Waals surface area contributed by atoms with Gasteiger partial charge >= 0.3 is 5.97 Å². The fourth-order valence-electron chi connectivity index (χ4n) is 4.11. The number of carbonyl (C=O) groups excluding carboxylic acids is 1. The Labute approximate surface area is 119 Å². The van der Waals surface area contributed by atoms with Crippen molar-refractivity contribution in [1.82, 2.24) is 9.80 Å². The summed E-state index contributed by atoms with van der Waals surface area (Å²) < 4.78 is 0. The zero-order chi connectivity index (χ0) is 14.5. The first-order chi connectivity index (χ1) is 9.43. The molecule has 3 aliphatic rings. The third-order valence-corrected chi connectivity index (χ3v) is 5.51. The van der Waals surface area contributed by atoms with Crippen molar-refractivity contribution in [3.63, 3.8) is 0 Å². The number of hydrogen-bond acceptors (Lipinski definition) is 3. The van der Waals surface area contributed by atoms with Crippen molar-refractivity contribution in [2.75, 3.05) is 26.2 Å². The maximum atomic E-state index is 12.6. The minimum Gasteiger partial charge on any atom is -0.481 e. The van der Waals surface area contributed by atoms with E-state index in [1.807, 2.05) is 18.7 Å². The molecule has 5 heteroatoms. The highest BCUT2D eigenvalue weighted by Gasteiger charge is 2.66. The van der Waals surface area contributed by atoms with E-state index in [-0.39, 0.29) is 17.2 Å². The second-order valence-electron chi connectivity index (χ2n) is 7.08. The Morgan fingerprint density at radius 3 is 2.50 bits per heavy atom. The highest BCUT2D eigenvalue weighted by Crippen LogP contribution is 2.59. The fraction of sp³-hybridized carbons (Fsp3) is 0.867. The molecule has 1 aliphatic carbocycles. The average Bonchev–Trinajstić information content (AvgIpc) is 3.00. The summed E-state index contributed by atoms with van der Waals surface area (Å²) >= 11 is 0. The van der Waals surface area contributed by atoms with Crippen molar-refractivity contribution < 1.29 is 14.7 Å². The van der Waals surface area contributed by atoms with Gasteiger partial charge in [-0.25, -0.2) is 0 Å². The van der Waals surface area contributed by atoms with Crippen LogP contribution in [0, 0.1) is 17.3 Å². The summed E-state index contributed by atoms with van der Waals surface area (Å²) in [6, 6.07) is 0.492. The largest absolute Gasteiger partial charge is 0.481 e. The number of aliphatic carboxylic acids is 1. The summed E-state index contributed by atoms with van der Waals surface area (Å²) in [7, 11) is 0. The normalized spacial score (nSPS) is 36.3. The summed E-state index contributed by atoms with van der Waals surface area (Å²) in [5, 5.41) is 9.21. The molecule has 20 heavy (non-hydrogen) atoms. The second kappa shape index (κ2) is 4.72. The number of carbonyl (C=O) groups is 2. The van der Waals surface area contributed by atoms with Gasteiger partial charge in [-0.2, -0.15) is 0 Å². The van der Waals surface area contributed by atoms with Crippen LogP contribution in [0.25, 0.3) is 0 Å². The fourth-order valence-corrected chi connectivity index (χ4v) is 4.11. The van der Waals surface area contributed by atoms with Crippen LogP contribution >= 0.6 is 0 Å². The number of carboxylic acids is 1. The number of piperazine rings is 1. The van der Waals surface area contributed by atoms with Gasteiger partial charge in [0.05, 0.1) is 11.8 Å². The molecule has 3 atom stereocenters. The molecule has 0 spiro atoms. The zero-order valence-electron chi connectivity index (χ0n) is 12.3. The van der Waals surface area contributed by atoms with Crippen molar-refractivity contribution in [2.45, 2.75) is 39.2 Å². The first kappa shape index (κ1) is 13.9. The number of piperidine rings is 1. The monoisotopic (exact) mass is 280 g/mol. The topological polar surface area (TPSA) is 60.9 Å². The van der Waals surface area contributed by atoms with Crippen LogP contribution in [0.5, 0.6) is 0 Å². The molecule has 1 unspecified atom stereocenters. The molecule has 3 rings (SSSR count). The van der Waals surface area contributed by atoms with E-state index in [2.05, 4.69) is 4.90 Å². The number of amides is 1. The molecule has 0 aromatic carbocycles. The van der Waals surface area contributed by atoms with Gasteiger partial charge in [0.2, 0.25) is 5.91 Å². The van der Waals surface area contributed by atoms with Gasteiger partial charge in [0, 0.05) is 25.7 Å². The van der Waals surface area contributed by atoms with E-state index in [9.17, 15) is 14.7 Å². The number of fused-ring (bicyclic) bond motifs is 1. The van der Waals surface area contributed by atoms with Gasteiger partial charge in [-0.15, -0.1) is 0 Å². The van der Waals surface area contributed by atoms with E-state index in [1.54, 1.807) is 0 Å². The molecule has 2 aliphatic heterocycles. The lowest BCUT2D eigenvalue weighted by molar-refractivity contribution is -0.143. The summed E-state index contributed by atoms with van der Waals surface area (Å²) in [6.45, 7) is 7.43. The van der Waals surface area contributed by atoms with Gasteiger partial charge in [-0.1, -0.05) is 20.3 Å². The van der Waals surface area contributed by atoms with Crippen molar-refractivity contribution in [2.24, 2.45) is 17.3 Å². The van der Waals surface area contributed by atoms with Crippen LogP contribution < -0.4 is 0 Å². The molecule has 1 N–H and O–H groups in total. The van der Waals surface area contributed by atoms with Crippen LogP contribution in [-0.4, -0.2) is 59.0 Å². The summed E-state index contributed by atoms with van der Waals surface area (Å²) in [5.74, 6) is -1.59.